The van der Waals surface area contributed by atoms with Crippen molar-refractivity contribution in [1.82, 2.24) is 14.8 Å². The molecule has 152 valence electrons. The fraction of sp³-hybridized carbons (Fsp3) is 0.316. The monoisotopic (exact) mass is 437 g/mol. The number of halogens is 3. The molecule has 10 heteroatoms. The lowest BCUT2D eigenvalue weighted by Crippen LogP contribution is -2.47. The molecule has 0 atom stereocenters. The van der Waals surface area contributed by atoms with Crippen LogP contribution in [0.4, 0.5) is 19.6 Å². The highest BCUT2D eigenvalue weighted by Gasteiger charge is 2.24. The number of nitrogens with zero attached hydrogens (tertiary/aromatic N) is 5. The van der Waals surface area contributed by atoms with Crippen LogP contribution >= 0.6 is 22.9 Å². The molecule has 0 N–H and O–H groups in total. The Hall–Kier alpha value is -2.52. The molecule has 3 aromatic rings. The molecule has 0 aliphatic carbocycles. The average molecular weight is 438 g/mol. The molecular formula is C19H18ClF2N5OS. The summed E-state index contributed by atoms with van der Waals surface area (Å²) >= 11 is 7.98. The van der Waals surface area contributed by atoms with Gasteiger partial charge in [0.2, 0.25) is 0 Å². The molecule has 1 saturated heterocycles. The Balaban J connectivity index is 1.56. The van der Waals surface area contributed by atoms with E-state index in [-0.39, 0.29) is 10.7 Å². The van der Waals surface area contributed by atoms with E-state index in [1.807, 2.05) is 11.8 Å². The molecular weight excluding hydrogens is 420 g/mol. The molecule has 4 rings (SSSR count). The summed E-state index contributed by atoms with van der Waals surface area (Å²) in [6.07, 6.45) is 1.44. The summed E-state index contributed by atoms with van der Waals surface area (Å²) in [5, 5.41) is 5.01. The summed E-state index contributed by atoms with van der Waals surface area (Å²) in [7, 11) is 0. The summed E-state index contributed by atoms with van der Waals surface area (Å²) in [5.74, 6) is -1.61. The first-order valence-electron chi connectivity index (χ1n) is 9.02. The van der Waals surface area contributed by atoms with Gasteiger partial charge in [-0.15, -0.1) is 11.3 Å². The number of aromatic nitrogens is 3. The second kappa shape index (κ2) is 7.72. The van der Waals surface area contributed by atoms with Crippen molar-refractivity contribution in [3.63, 3.8) is 0 Å². The molecule has 0 saturated carbocycles. The minimum atomic E-state index is -0.883. The normalized spacial score (nSPS) is 14.5. The Morgan fingerprint density at radius 1 is 1.07 bits per heavy atom. The third-order valence-corrected chi connectivity index (χ3v) is 6.44. The number of rotatable bonds is 3. The Labute approximate surface area is 175 Å². The van der Waals surface area contributed by atoms with E-state index in [4.69, 9.17) is 11.6 Å². The molecule has 6 nitrogen and oxygen atoms in total. The van der Waals surface area contributed by atoms with Crippen LogP contribution in [0.5, 0.6) is 0 Å². The predicted molar refractivity (Wildman–Crippen MR) is 111 cm³/mol. The summed E-state index contributed by atoms with van der Waals surface area (Å²) in [6.45, 7) is 6.81. The summed E-state index contributed by atoms with van der Waals surface area (Å²) < 4.78 is 28.0. The molecule has 1 fully saturated rings. The van der Waals surface area contributed by atoms with E-state index in [2.05, 4.69) is 21.9 Å². The van der Waals surface area contributed by atoms with Gasteiger partial charge in [0.05, 0.1) is 17.6 Å². The van der Waals surface area contributed by atoms with Crippen LogP contribution in [0, 0.1) is 25.5 Å². The zero-order chi connectivity index (χ0) is 20.7. The quantitative estimate of drug-likeness (QED) is 0.627. The van der Waals surface area contributed by atoms with Crippen LogP contribution in [-0.2, 0) is 0 Å². The largest absolute Gasteiger partial charge is 0.365 e. The van der Waals surface area contributed by atoms with Crippen LogP contribution in [-0.4, -0.2) is 40.9 Å². The van der Waals surface area contributed by atoms with Gasteiger partial charge in [0, 0.05) is 37.1 Å². The zero-order valence-corrected chi connectivity index (χ0v) is 17.4. The van der Waals surface area contributed by atoms with E-state index in [9.17, 15) is 13.6 Å². The first-order valence-corrected chi connectivity index (χ1v) is 10.2. The van der Waals surface area contributed by atoms with Crippen LogP contribution < -0.4 is 15.4 Å². The van der Waals surface area contributed by atoms with Crippen molar-refractivity contribution in [2.24, 2.45) is 0 Å². The van der Waals surface area contributed by atoms with Crippen LogP contribution in [0.15, 0.2) is 29.2 Å². The molecule has 3 heterocycles. The van der Waals surface area contributed by atoms with E-state index < -0.39 is 17.2 Å². The van der Waals surface area contributed by atoms with Crippen molar-refractivity contribution in [2.45, 2.75) is 13.8 Å². The number of aryl methyl sites for hydroxylation is 2. The molecule has 1 aromatic carbocycles. The predicted octanol–water partition coefficient (Wildman–Crippen LogP) is 3.56. The van der Waals surface area contributed by atoms with Crippen molar-refractivity contribution in [2.75, 3.05) is 36.0 Å². The van der Waals surface area contributed by atoms with Gasteiger partial charge in [-0.05, 0) is 26.0 Å². The van der Waals surface area contributed by atoms with Gasteiger partial charge in [-0.2, -0.15) is 9.78 Å². The maximum absolute atomic E-state index is 14.0. The van der Waals surface area contributed by atoms with E-state index in [1.165, 1.54) is 11.1 Å². The van der Waals surface area contributed by atoms with E-state index in [0.29, 0.717) is 24.8 Å². The maximum Gasteiger partial charge on any atom is 0.292 e. The lowest BCUT2D eigenvalue weighted by atomic mass is 10.2. The van der Waals surface area contributed by atoms with Gasteiger partial charge >= 0.3 is 0 Å². The van der Waals surface area contributed by atoms with Crippen LogP contribution in [0.3, 0.4) is 0 Å². The third kappa shape index (κ3) is 3.72. The van der Waals surface area contributed by atoms with Crippen molar-refractivity contribution in [3.8, 4) is 5.69 Å². The number of hydrogen-bond donors (Lipinski definition) is 0. The molecule has 1 aliphatic rings. The lowest BCUT2D eigenvalue weighted by Gasteiger charge is -2.36. The highest BCUT2D eigenvalue weighted by molar-refractivity contribution is 7.15. The maximum atomic E-state index is 14.0. The fourth-order valence-corrected chi connectivity index (χ4v) is 4.41. The van der Waals surface area contributed by atoms with Gasteiger partial charge in [-0.25, -0.2) is 13.8 Å². The molecule has 2 aromatic heterocycles. The Bertz CT molecular complexity index is 1100. The smallest absolute Gasteiger partial charge is 0.292 e. The van der Waals surface area contributed by atoms with Crippen LogP contribution in [0.2, 0.25) is 5.02 Å². The fourth-order valence-electron chi connectivity index (χ4n) is 3.20. The van der Waals surface area contributed by atoms with Crippen molar-refractivity contribution >= 4 is 33.8 Å². The topological polar surface area (TPSA) is 54.3 Å². The Kier molecular flexibility index (Phi) is 5.26. The number of anilines is 2. The first kappa shape index (κ1) is 19.8. The Morgan fingerprint density at radius 2 is 1.76 bits per heavy atom. The second-order valence-electron chi connectivity index (χ2n) is 6.77. The average Bonchev–Trinajstić information content (AvgIpc) is 3.03. The van der Waals surface area contributed by atoms with Crippen molar-refractivity contribution in [1.29, 1.82) is 0 Å². The Morgan fingerprint density at radius 3 is 2.38 bits per heavy atom. The molecule has 1 aliphatic heterocycles. The zero-order valence-electron chi connectivity index (χ0n) is 15.8. The van der Waals surface area contributed by atoms with Gasteiger partial charge in [0.25, 0.3) is 5.56 Å². The molecule has 29 heavy (non-hydrogen) atoms. The van der Waals surface area contributed by atoms with E-state index in [1.54, 1.807) is 11.3 Å². The van der Waals surface area contributed by atoms with E-state index in [0.717, 1.165) is 40.7 Å². The number of thiazole rings is 1. The minimum Gasteiger partial charge on any atom is -0.365 e. The van der Waals surface area contributed by atoms with Gasteiger partial charge in [0.15, 0.2) is 10.9 Å². The molecule has 0 unspecified atom stereocenters. The number of piperazine rings is 1. The number of hydrogen-bond acceptors (Lipinski definition) is 6. The third-order valence-electron chi connectivity index (χ3n) is 4.95. The highest BCUT2D eigenvalue weighted by Crippen LogP contribution is 2.28. The summed E-state index contributed by atoms with van der Waals surface area (Å²) in [4.78, 5) is 22.6. The lowest BCUT2D eigenvalue weighted by molar-refractivity contribution is 0.570. The summed E-state index contributed by atoms with van der Waals surface area (Å²) in [6, 6.07) is 2.92. The number of benzene rings is 1. The van der Waals surface area contributed by atoms with Gasteiger partial charge in [-0.1, -0.05) is 11.6 Å². The van der Waals surface area contributed by atoms with E-state index >= 15 is 0 Å². The second-order valence-corrected chi connectivity index (χ2v) is 8.33. The standard InChI is InChI=1S/C19H18ClF2N5OS/c1-11-12(2)29-19(24-11)26-7-5-25(6-8-26)16-10-23-27(18(28)17(16)20)15-4-3-13(21)9-14(15)22/h3-4,9-10H,5-8H2,1-2H3. The molecule has 0 bridgehead atoms. The highest BCUT2D eigenvalue weighted by atomic mass is 35.5. The summed E-state index contributed by atoms with van der Waals surface area (Å²) in [5.41, 5.74) is 0.741. The van der Waals surface area contributed by atoms with Crippen LogP contribution in [0.25, 0.3) is 5.69 Å². The minimum absolute atomic E-state index is 0.0434. The van der Waals surface area contributed by atoms with Crippen LogP contribution in [0.1, 0.15) is 10.6 Å². The van der Waals surface area contributed by atoms with Crippen molar-refractivity contribution in [3.05, 3.63) is 62.0 Å². The SMILES string of the molecule is Cc1nc(N2CCN(c3cnn(-c4ccc(F)cc4F)c(=O)c3Cl)CC2)sc1C. The van der Waals surface area contributed by atoms with Gasteiger partial charge < -0.3 is 9.80 Å². The molecule has 0 spiro atoms. The van der Waals surface area contributed by atoms with Gasteiger partial charge in [-0.3, -0.25) is 4.79 Å². The first-order chi connectivity index (χ1) is 13.8. The molecule has 0 radical (unpaired) electrons. The van der Waals surface area contributed by atoms with Crippen molar-refractivity contribution < 1.29 is 8.78 Å². The van der Waals surface area contributed by atoms with Gasteiger partial charge in [0.1, 0.15) is 16.5 Å². The molecule has 0 amide bonds.